The van der Waals surface area contributed by atoms with Crippen molar-refractivity contribution in [1.82, 2.24) is 9.62 Å². The first kappa shape index (κ1) is 16.8. The van der Waals surface area contributed by atoms with Gasteiger partial charge in [0.1, 0.15) is 5.25 Å². The van der Waals surface area contributed by atoms with Crippen LogP contribution in [0.15, 0.2) is 0 Å². The van der Waals surface area contributed by atoms with Gasteiger partial charge >= 0.3 is 0 Å². The highest BCUT2D eigenvalue weighted by atomic mass is 32.2. The number of nitrogens with one attached hydrogen (secondary N) is 1. The summed E-state index contributed by atoms with van der Waals surface area (Å²) in [5, 5.41) is -0.768. The molecule has 2 unspecified atom stereocenters. The summed E-state index contributed by atoms with van der Waals surface area (Å²) < 4.78 is 26.8. The number of nitrogens with zero attached hydrogens (tertiary/aromatic N) is 1. The van der Waals surface area contributed by atoms with E-state index in [2.05, 4.69) is 16.5 Å². The predicted octanol–water partition coefficient (Wildman–Crippen LogP) is 0.845. The summed E-state index contributed by atoms with van der Waals surface area (Å²) in [6, 6.07) is 0.207. The van der Waals surface area contributed by atoms with Crippen LogP contribution in [0.3, 0.4) is 0 Å². The summed E-state index contributed by atoms with van der Waals surface area (Å²) in [4.78, 5) is 2.37. The van der Waals surface area contributed by atoms with Crippen molar-refractivity contribution >= 4 is 27.2 Å². The minimum absolute atomic E-state index is 0.0422. The van der Waals surface area contributed by atoms with Gasteiger partial charge in [-0.2, -0.15) is 0 Å². The third kappa shape index (κ3) is 4.98. The molecule has 1 fully saturated rings. The number of nitrogens with two attached hydrogens (primary N) is 1. The highest BCUT2D eigenvalue weighted by Crippen LogP contribution is 2.12. The Morgan fingerprint density at radius 3 is 2.42 bits per heavy atom. The van der Waals surface area contributed by atoms with Crippen LogP contribution >= 0.6 is 12.2 Å². The smallest absolute Gasteiger partial charge is 0.221 e. The van der Waals surface area contributed by atoms with Gasteiger partial charge in [0.2, 0.25) is 10.0 Å². The third-order valence-corrected chi connectivity index (χ3v) is 6.00. The summed E-state index contributed by atoms with van der Waals surface area (Å²) >= 11 is 4.82. The average molecular weight is 307 g/mol. The Bertz CT molecular complexity index is 392. The fourth-order valence-electron chi connectivity index (χ4n) is 2.40. The molecule has 0 bridgehead atoms. The molecule has 0 spiro atoms. The van der Waals surface area contributed by atoms with Gasteiger partial charge in [-0.3, -0.25) is 4.90 Å². The number of hydrogen-bond donors (Lipinski definition) is 2. The van der Waals surface area contributed by atoms with Gasteiger partial charge in [0.15, 0.2) is 0 Å². The van der Waals surface area contributed by atoms with Crippen LogP contribution < -0.4 is 10.5 Å². The second-order valence-corrected chi connectivity index (χ2v) is 7.56. The average Bonchev–Trinajstić information content (AvgIpc) is 2.37. The van der Waals surface area contributed by atoms with Crippen molar-refractivity contribution in [1.29, 1.82) is 0 Å². The van der Waals surface area contributed by atoms with E-state index in [4.69, 9.17) is 18.0 Å². The molecule has 0 saturated carbocycles. The molecular weight excluding hydrogens is 282 g/mol. The zero-order chi connectivity index (χ0) is 14.5. The van der Waals surface area contributed by atoms with Crippen LogP contribution in [0.2, 0.25) is 0 Å². The van der Waals surface area contributed by atoms with Gasteiger partial charge < -0.3 is 5.73 Å². The first-order valence-corrected chi connectivity index (χ1v) is 8.85. The Labute approximate surface area is 122 Å². The molecule has 0 aliphatic carbocycles. The van der Waals surface area contributed by atoms with Crippen LogP contribution in [-0.4, -0.2) is 49.2 Å². The van der Waals surface area contributed by atoms with Gasteiger partial charge in [0, 0.05) is 12.6 Å². The van der Waals surface area contributed by atoms with Crippen LogP contribution in [0, 0.1) is 0 Å². The maximum Gasteiger partial charge on any atom is 0.221 e. The molecule has 0 aromatic rings. The summed E-state index contributed by atoms with van der Waals surface area (Å²) in [5.41, 5.74) is 5.48. The van der Waals surface area contributed by atoms with E-state index in [1.807, 2.05) is 0 Å². The maximum absolute atomic E-state index is 12.1. The molecule has 112 valence electrons. The SMILES string of the molecule is CCC(C(N)=S)S(=O)(=O)NCC(C)N1CCCCC1. The Morgan fingerprint density at radius 2 is 1.95 bits per heavy atom. The lowest BCUT2D eigenvalue weighted by atomic mass is 10.1. The minimum atomic E-state index is -3.45. The van der Waals surface area contributed by atoms with E-state index in [1.54, 1.807) is 6.92 Å². The quantitative estimate of drug-likeness (QED) is 0.682. The van der Waals surface area contributed by atoms with Gasteiger partial charge in [-0.25, -0.2) is 13.1 Å². The van der Waals surface area contributed by atoms with E-state index >= 15 is 0 Å². The maximum atomic E-state index is 12.1. The molecule has 5 nitrogen and oxygen atoms in total. The molecule has 7 heteroatoms. The fourth-order valence-corrected chi connectivity index (χ4v) is 4.37. The standard InChI is InChI=1S/C12H25N3O2S2/c1-3-11(12(13)18)19(16,17)14-9-10(2)15-7-5-4-6-8-15/h10-11,14H,3-9H2,1-2H3,(H2,13,18). The topological polar surface area (TPSA) is 75.4 Å². The van der Waals surface area contributed by atoms with E-state index in [1.165, 1.54) is 19.3 Å². The predicted molar refractivity (Wildman–Crippen MR) is 82.7 cm³/mol. The zero-order valence-electron chi connectivity index (χ0n) is 11.8. The van der Waals surface area contributed by atoms with E-state index in [0.29, 0.717) is 13.0 Å². The van der Waals surface area contributed by atoms with Crippen molar-refractivity contribution in [2.24, 2.45) is 5.73 Å². The summed E-state index contributed by atoms with van der Waals surface area (Å²) in [5.74, 6) is 0. The molecule has 1 aliphatic rings. The van der Waals surface area contributed by atoms with Crippen molar-refractivity contribution in [3.8, 4) is 0 Å². The second kappa shape index (κ2) is 7.52. The summed E-state index contributed by atoms with van der Waals surface area (Å²) in [6.45, 7) is 6.35. The van der Waals surface area contributed by atoms with E-state index in [9.17, 15) is 8.42 Å². The molecular formula is C12H25N3O2S2. The van der Waals surface area contributed by atoms with E-state index in [0.717, 1.165) is 13.1 Å². The molecule has 0 aromatic carbocycles. The lowest BCUT2D eigenvalue weighted by Crippen LogP contribution is -2.48. The van der Waals surface area contributed by atoms with Crippen LogP contribution in [0.4, 0.5) is 0 Å². The Kier molecular flexibility index (Phi) is 6.65. The molecule has 1 heterocycles. The Morgan fingerprint density at radius 1 is 1.37 bits per heavy atom. The molecule has 1 rings (SSSR count). The van der Waals surface area contributed by atoms with Gasteiger partial charge in [-0.15, -0.1) is 0 Å². The summed E-state index contributed by atoms with van der Waals surface area (Å²) in [6.07, 6.45) is 4.07. The van der Waals surface area contributed by atoms with Crippen LogP contribution in [-0.2, 0) is 10.0 Å². The Hall–Kier alpha value is -0.240. The molecule has 1 saturated heterocycles. The molecule has 2 atom stereocenters. The molecule has 0 amide bonds. The number of rotatable bonds is 7. The highest BCUT2D eigenvalue weighted by molar-refractivity contribution is 7.93. The first-order chi connectivity index (χ1) is 8.88. The largest absolute Gasteiger partial charge is 0.392 e. The fraction of sp³-hybridized carbons (Fsp3) is 0.917. The number of thiocarbonyl (C=S) groups is 1. The van der Waals surface area contributed by atoms with Crippen LogP contribution in [0.1, 0.15) is 39.5 Å². The van der Waals surface area contributed by atoms with Gasteiger partial charge in [0.05, 0.1) is 4.99 Å². The van der Waals surface area contributed by atoms with Crippen LogP contribution in [0.25, 0.3) is 0 Å². The van der Waals surface area contributed by atoms with E-state index in [-0.39, 0.29) is 11.0 Å². The van der Waals surface area contributed by atoms with Crippen molar-refractivity contribution in [3.05, 3.63) is 0 Å². The number of sulfonamides is 1. The number of likely N-dealkylation sites (tertiary alicyclic amines) is 1. The van der Waals surface area contributed by atoms with Crippen molar-refractivity contribution in [2.45, 2.75) is 50.8 Å². The zero-order valence-corrected chi connectivity index (χ0v) is 13.4. The first-order valence-electron chi connectivity index (χ1n) is 6.90. The monoisotopic (exact) mass is 307 g/mol. The number of piperidine rings is 1. The lowest BCUT2D eigenvalue weighted by molar-refractivity contribution is 0.175. The van der Waals surface area contributed by atoms with Crippen LogP contribution in [0.5, 0.6) is 0 Å². The molecule has 1 aliphatic heterocycles. The van der Waals surface area contributed by atoms with Crippen molar-refractivity contribution in [3.63, 3.8) is 0 Å². The molecule has 19 heavy (non-hydrogen) atoms. The second-order valence-electron chi connectivity index (χ2n) is 5.14. The van der Waals surface area contributed by atoms with Gasteiger partial charge in [-0.05, 0) is 39.3 Å². The van der Waals surface area contributed by atoms with Gasteiger partial charge in [-0.1, -0.05) is 25.6 Å². The number of hydrogen-bond acceptors (Lipinski definition) is 4. The van der Waals surface area contributed by atoms with E-state index < -0.39 is 15.3 Å². The van der Waals surface area contributed by atoms with Gasteiger partial charge in [0.25, 0.3) is 0 Å². The Balaban J connectivity index is 2.52. The summed E-state index contributed by atoms with van der Waals surface area (Å²) in [7, 11) is -3.45. The molecule has 0 radical (unpaired) electrons. The minimum Gasteiger partial charge on any atom is -0.392 e. The van der Waals surface area contributed by atoms with Crippen molar-refractivity contribution in [2.75, 3.05) is 19.6 Å². The molecule has 0 aromatic heterocycles. The molecule has 3 N–H and O–H groups in total. The third-order valence-electron chi connectivity index (χ3n) is 3.66. The highest BCUT2D eigenvalue weighted by Gasteiger charge is 2.27. The lowest BCUT2D eigenvalue weighted by Gasteiger charge is -2.32. The van der Waals surface area contributed by atoms with Crippen molar-refractivity contribution < 1.29 is 8.42 Å². The normalized spacial score (nSPS) is 20.9.